The van der Waals surface area contributed by atoms with Gasteiger partial charge < -0.3 is 9.53 Å². The first-order valence-electron chi connectivity index (χ1n) is 6.22. The summed E-state index contributed by atoms with van der Waals surface area (Å²) in [6.45, 7) is 3.88. The van der Waals surface area contributed by atoms with E-state index in [1.165, 1.54) is 0 Å². The van der Waals surface area contributed by atoms with Crippen LogP contribution >= 0.6 is 0 Å². The Balaban J connectivity index is 2.72. The van der Waals surface area contributed by atoms with Gasteiger partial charge >= 0.3 is 0 Å². The zero-order valence-corrected chi connectivity index (χ0v) is 11.3. The Morgan fingerprint density at radius 2 is 1.83 bits per heavy atom. The number of ether oxygens (including phenoxy) is 1. The van der Waals surface area contributed by atoms with Gasteiger partial charge in [0, 0.05) is 18.4 Å². The molecule has 0 fully saturated rings. The summed E-state index contributed by atoms with van der Waals surface area (Å²) >= 11 is 0. The van der Waals surface area contributed by atoms with Gasteiger partial charge in [0.25, 0.3) is 0 Å². The van der Waals surface area contributed by atoms with Crippen molar-refractivity contribution in [2.75, 3.05) is 7.11 Å². The molecule has 0 spiro atoms. The van der Waals surface area contributed by atoms with Gasteiger partial charge in [-0.15, -0.1) is 0 Å². The predicted molar refractivity (Wildman–Crippen MR) is 71.3 cm³/mol. The average Bonchev–Trinajstić information content (AvgIpc) is 2.34. The zero-order chi connectivity index (χ0) is 13.5. The van der Waals surface area contributed by atoms with E-state index in [0.29, 0.717) is 12.8 Å². The van der Waals surface area contributed by atoms with Crippen molar-refractivity contribution < 1.29 is 14.3 Å². The fourth-order valence-corrected chi connectivity index (χ4v) is 2.09. The molecule has 0 N–H and O–H groups in total. The Bertz CT molecular complexity index is 412. The molecule has 0 aliphatic carbocycles. The van der Waals surface area contributed by atoms with Crippen molar-refractivity contribution in [3.63, 3.8) is 0 Å². The monoisotopic (exact) mass is 248 g/mol. The first kappa shape index (κ1) is 14.4. The number of aldehydes is 1. The minimum absolute atomic E-state index is 0.134. The van der Waals surface area contributed by atoms with E-state index in [1.807, 2.05) is 26.0 Å². The largest absolute Gasteiger partial charge is 0.496 e. The molecule has 0 radical (unpaired) electrons. The SMILES string of the molecule is COc1c(C)cc(C(=O)CCCCC=O)cc1C. The number of carbonyl (C=O) groups is 2. The van der Waals surface area contributed by atoms with Crippen LogP contribution in [0.5, 0.6) is 5.75 Å². The summed E-state index contributed by atoms with van der Waals surface area (Å²) in [5.74, 6) is 0.974. The second-order valence-electron chi connectivity index (χ2n) is 4.48. The third-order valence-corrected chi connectivity index (χ3v) is 2.96. The molecule has 0 bridgehead atoms. The van der Waals surface area contributed by atoms with Crippen LogP contribution in [-0.2, 0) is 4.79 Å². The van der Waals surface area contributed by atoms with Gasteiger partial charge in [0.1, 0.15) is 12.0 Å². The fraction of sp³-hybridized carbons (Fsp3) is 0.467. The van der Waals surface area contributed by atoms with Gasteiger partial charge in [-0.1, -0.05) is 0 Å². The predicted octanol–water partition coefficient (Wildman–Crippen LogP) is 3.25. The summed E-state index contributed by atoms with van der Waals surface area (Å²) in [6.07, 6.45) is 3.48. The second kappa shape index (κ2) is 6.94. The summed E-state index contributed by atoms with van der Waals surface area (Å²) < 4.78 is 5.27. The lowest BCUT2D eigenvalue weighted by molar-refractivity contribution is -0.107. The Kier molecular flexibility index (Phi) is 5.56. The van der Waals surface area contributed by atoms with Gasteiger partial charge in [0.05, 0.1) is 7.11 Å². The highest BCUT2D eigenvalue weighted by molar-refractivity contribution is 5.96. The van der Waals surface area contributed by atoms with Crippen LogP contribution in [0.3, 0.4) is 0 Å². The maximum atomic E-state index is 12.0. The van der Waals surface area contributed by atoms with Crippen molar-refractivity contribution in [2.24, 2.45) is 0 Å². The lowest BCUT2D eigenvalue weighted by Crippen LogP contribution is -2.02. The molecule has 0 heterocycles. The van der Waals surface area contributed by atoms with E-state index in [9.17, 15) is 9.59 Å². The maximum Gasteiger partial charge on any atom is 0.162 e. The molecule has 0 aliphatic rings. The topological polar surface area (TPSA) is 43.4 Å². The number of unbranched alkanes of at least 4 members (excludes halogenated alkanes) is 2. The Morgan fingerprint density at radius 3 is 2.33 bits per heavy atom. The minimum atomic E-state index is 0.134. The van der Waals surface area contributed by atoms with Crippen LogP contribution in [0.4, 0.5) is 0 Å². The highest BCUT2D eigenvalue weighted by Crippen LogP contribution is 2.25. The number of rotatable bonds is 7. The van der Waals surface area contributed by atoms with Crippen LogP contribution in [0.25, 0.3) is 0 Å². The van der Waals surface area contributed by atoms with Crippen molar-refractivity contribution in [3.8, 4) is 5.75 Å². The van der Waals surface area contributed by atoms with Crippen LogP contribution in [0.2, 0.25) is 0 Å². The molecule has 1 rings (SSSR count). The number of hydrogen-bond donors (Lipinski definition) is 0. The van der Waals surface area contributed by atoms with Gasteiger partial charge in [0.15, 0.2) is 5.78 Å². The van der Waals surface area contributed by atoms with Gasteiger partial charge in [-0.05, 0) is 49.9 Å². The number of aryl methyl sites for hydroxylation is 2. The van der Waals surface area contributed by atoms with Crippen LogP contribution in [0.15, 0.2) is 12.1 Å². The van der Waals surface area contributed by atoms with E-state index < -0.39 is 0 Å². The number of ketones is 1. The first-order chi connectivity index (χ1) is 8.60. The van der Waals surface area contributed by atoms with E-state index in [1.54, 1.807) is 7.11 Å². The summed E-state index contributed by atoms with van der Waals surface area (Å²) in [4.78, 5) is 22.2. The standard InChI is InChI=1S/C15H20O3/c1-11-9-13(10-12(2)15(11)18-3)14(17)7-5-4-6-8-16/h8-10H,4-7H2,1-3H3. The molecule has 18 heavy (non-hydrogen) atoms. The molecular weight excluding hydrogens is 228 g/mol. The van der Waals surface area contributed by atoms with Gasteiger partial charge in [-0.3, -0.25) is 4.79 Å². The number of methoxy groups -OCH3 is 1. The van der Waals surface area contributed by atoms with Crippen LogP contribution in [0.1, 0.15) is 47.2 Å². The van der Waals surface area contributed by atoms with E-state index in [4.69, 9.17) is 4.74 Å². The molecule has 0 unspecified atom stereocenters. The second-order valence-corrected chi connectivity index (χ2v) is 4.48. The Morgan fingerprint density at radius 1 is 1.22 bits per heavy atom. The molecule has 3 heteroatoms. The molecule has 1 aromatic carbocycles. The number of hydrogen-bond acceptors (Lipinski definition) is 3. The summed E-state index contributed by atoms with van der Waals surface area (Å²) in [5, 5.41) is 0. The van der Waals surface area contributed by atoms with E-state index in [0.717, 1.165) is 41.6 Å². The summed E-state index contributed by atoms with van der Waals surface area (Å²) in [6, 6.07) is 3.74. The summed E-state index contributed by atoms with van der Waals surface area (Å²) in [5.41, 5.74) is 2.69. The lowest BCUT2D eigenvalue weighted by Gasteiger charge is -2.10. The molecule has 3 nitrogen and oxygen atoms in total. The van der Waals surface area contributed by atoms with Crippen LogP contribution < -0.4 is 4.74 Å². The number of Topliss-reactive ketones (excluding diaryl/α,β-unsaturated/α-hetero) is 1. The highest BCUT2D eigenvalue weighted by Gasteiger charge is 2.10. The average molecular weight is 248 g/mol. The van der Waals surface area contributed by atoms with E-state index >= 15 is 0 Å². The number of carbonyl (C=O) groups excluding carboxylic acids is 2. The fourth-order valence-electron chi connectivity index (χ4n) is 2.09. The molecule has 1 aromatic rings. The van der Waals surface area contributed by atoms with Crippen molar-refractivity contribution in [3.05, 3.63) is 28.8 Å². The molecule has 0 amide bonds. The third kappa shape index (κ3) is 3.69. The minimum Gasteiger partial charge on any atom is -0.496 e. The first-order valence-corrected chi connectivity index (χ1v) is 6.22. The van der Waals surface area contributed by atoms with Gasteiger partial charge in [0.2, 0.25) is 0 Å². The lowest BCUT2D eigenvalue weighted by atomic mass is 9.99. The summed E-state index contributed by atoms with van der Waals surface area (Å²) in [7, 11) is 1.64. The van der Waals surface area contributed by atoms with Gasteiger partial charge in [-0.2, -0.15) is 0 Å². The van der Waals surface area contributed by atoms with Crippen molar-refractivity contribution in [2.45, 2.75) is 39.5 Å². The quantitative estimate of drug-likeness (QED) is 0.422. The maximum absolute atomic E-state index is 12.0. The molecular formula is C15H20O3. The molecule has 0 saturated heterocycles. The van der Waals surface area contributed by atoms with Crippen molar-refractivity contribution >= 4 is 12.1 Å². The van der Waals surface area contributed by atoms with E-state index in [-0.39, 0.29) is 5.78 Å². The molecule has 0 saturated carbocycles. The molecule has 0 aromatic heterocycles. The van der Waals surface area contributed by atoms with Gasteiger partial charge in [-0.25, -0.2) is 0 Å². The molecule has 0 atom stereocenters. The highest BCUT2D eigenvalue weighted by atomic mass is 16.5. The zero-order valence-electron chi connectivity index (χ0n) is 11.3. The van der Waals surface area contributed by atoms with Crippen molar-refractivity contribution in [1.29, 1.82) is 0 Å². The smallest absolute Gasteiger partial charge is 0.162 e. The number of benzene rings is 1. The Hall–Kier alpha value is -1.64. The van der Waals surface area contributed by atoms with Crippen LogP contribution in [-0.4, -0.2) is 19.2 Å². The molecule has 98 valence electrons. The third-order valence-electron chi connectivity index (χ3n) is 2.96. The van der Waals surface area contributed by atoms with Crippen LogP contribution in [0, 0.1) is 13.8 Å². The Labute approximate surface area is 108 Å². The normalized spacial score (nSPS) is 10.2. The van der Waals surface area contributed by atoms with Crippen molar-refractivity contribution in [1.82, 2.24) is 0 Å². The van der Waals surface area contributed by atoms with E-state index in [2.05, 4.69) is 0 Å². The molecule has 0 aliphatic heterocycles.